The van der Waals surface area contributed by atoms with Crippen LogP contribution in [-0.2, 0) is 0 Å². The zero-order valence-corrected chi connectivity index (χ0v) is 11.8. The van der Waals surface area contributed by atoms with Gasteiger partial charge in [0.15, 0.2) is 0 Å². The van der Waals surface area contributed by atoms with Crippen molar-refractivity contribution < 1.29 is 14.4 Å². The highest BCUT2D eigenvalue weighted by Gasteiger charge is 2.11. The van der Waals surface area contributed by atoms with E-state index in [2.05, 4.69) is 4.99 Å². The number of non-ortho nitro benzene ring substituents is 1. The van der Waals surface area contributed by atoms with Crippen LogP contribution in [-0.4, -0.2) is 16.2 Å². The third kappa shape index (κ3) is 3.48. The van der Waals surface area contributed by atoms with E-state index in [0.29, 0.717) is 0 Å². The van der Waals surface area contributed by atoms with Crippen molar-refractivity contribution in [3.8, 4) is 5.75 Å². The Morgan fingerprint density at radius 2 is 2.00 bits per heavy atom. The van der Waals surface area contributed by atoms with Gasteiger partial charge in [-0.05, 0) is 18.2 Å². The maximum Gasteiger partial charge on any atom is 0.271 e. The monoisotopic (exact) mass is 328 g/mol. The second kappa shape index (κ2) is 6.07. The standard InChI is InChI=1S/C13H7Cl2FN2O3/c14-8-3-7(13(19)10(15)4-8)6-17-12-5-9(18(20)21)1-2-11(12)16/h1-6,19H. The molecular weight excluding hydrogens is 322 g/mol. The number of halogens is 3. The highest BCUT2D eigenvalue weighted by atomic mass is 35.5. The summed E-state index contributed by atoms with van der Waals surface area (Å²) in [6.45, 7) is 0. The molecule has 8 heteroatoms. The Kier molecular flexibility index (Phi) is 4.40. The minimum Gasteiger partial charge on any atom is -0.506 e. The molecule has 0 unspecified atom stereocenters. The molecule has 108 valence electrons. The van der Waals surface area contributed by atoms with Crippen molar-refractivity contribution in [1.29, 1.82) is 0 Å². The predicted octanol–water partition coefficient (Wildman–Crippen LogP) is 4.50. The Morgan fingerprint density at radius 1 is 1.29 bits per heavy atom. The fourth-order valence-electron chi connectivity index (χ4n) is 1.54. The number of hydrogen-bond acceptors (Lipinski definition) is 4. The van der Waals surface area contributed by atoms with Crippen molar-refractivity contribution in [2.24, 2.45) is 4.99 Å². The molecule has 2 rings (SSSR count). The molecule has 0 saturated carbocycles. The van der Waals surface area contributed by atoms with Crippen LogP contribution in [0.1, 0.15) is 5.56 Å². The summed E-state index contributed by atoms with van der Waals surface area (Å²) in [5, 5.41) is 20.6. The Labute approximate surface area is 128 Å². The Morgan fingerprint density at radius 3 is 2.67 bits per heavy atom. The Bertz CT molecular complexity index is 750. The molecule has 0 bridgehead atoms. The Balaban J connectivity index is 2.42. The zero-order chi connectivity index (χ0) is 15.6. The van der Waals surface area contributed by atoms with Gasteiger partial charge in [-0.2, -0.15) is 0 Å². The second-order valence-corrected chi connectivity index (χ2v) is 4.82. The molecule has 0 amide bonds. The molecule has 1 N–H and O–H groups in total. The van der Waals surface area contributed by atoms with E-state index < -0.39 is 10.7 Å². The van der Waals surface area contributed by atoms with Crippen LogP contribution in [0, 0.1) is 15.9 Å². The van der Waals surface area contributed by atoms with Gasteiger partial charge in [-0.3, -0.25) is 15.1 Å². The van der Waals surface area contributed by atoms with Gasteiger partial charge in [0.2, 0.25) is 0 Å². The quantitative estimate of drug-likeness (QED) is 0.512. The molecule has 0 aliphatic rings. The first-order valence-electron chi connectivity index (χ1n) is 5.54. The van der Waals surface area contributed by atoms with E-state index >= 15 is 0 Å². The Hall–Kier alpha value is -2.18. The van der Waals surface area contributed by atoms with Crippen molar-refractivity contribution >= 4 is 40.8 Å². The number of phenols is 1. The fraction of sp³-hybridized carbons (Fsp3) is 0. The zero-order valence-electron chi connectivity index (χ0n) is 10.3. The molecule has 21 heavy (non-hydrogen) atoms. The van der Waals surface area contributed by atoms with Crippen LogP contribution in [0.5, 0.6) is 5.75 Å². The molecule has 0 spiro atoms. The number of nitrogens with zero attached hydrogens (tertiary/aromatic N) is 2. The third-order valence-electron chi connectivity index (χ3n) is 2.54. The maximum atomic E-state index is 13.5. The third-order valence-corrected chi connectivity index (χ3v) is 3.05. The summed E-state index contributed by atoms with van der Waals surface area (Å²) >= 11 is 11.5. The van der Waals surface area contributed by atoms with Crippen molar-refractivity contribution in [1.82, 2.24) is 0 Å². The van der Waals surface area contributed by atoms with Crippen LogP contribution in [0.2, 0.25) is 10.0 Å². The van der Waals surface area contributed by atoms with Gasteiger partial charge in [-0.1, -0.05) is 23.2 Å². The highest BCUT2D eigenvalue weighted by molar-refractivity contribution is 6.36. The van der Waals surface area contributed by atoms with Gasteiger partial charge in [0, 0.05) is 28.9 Å². The summed E-state index contributed by atoms with van der Waals surface area (Å²) in [4.78, 5) is 13.8. The largest absolute Gasteiger partial charge is 0.506 e. The molecule has 5 nitrogen and oxygen atoms in total. The number of nitro benzene ring substituents is 1. The van der Waals surface area contributed by atoms with Crippen LogP contribution < -0.4 is 0 Å². The minimum atomic E-state index is -0.732. The summed E-state index contributed by atoms with van der Waals surface area (Å²) in [5.41, 5.74) is -0.366. The lowest BCUT2D eigenvalue weighted by atomic mass is 10.2. The molecule has 2 aromatic carbocycles. The smallest absolute Gasteiger partial charge is 0.271 e. The topological polar surface area (TPSA) is 75.7 Å². The lowest BCUT2D eigenvalue weighted by Crippen LogP contribution is -1.89. The van der Waals surface area contributed by atoms with E-state index in [1.165, 1.54) is 12.1 Å². The van der Waals surface area contributed by atoms with Crippen molar-refractivity contribution in [3.63, 3.8) is 0 Å². The van der Waals surface area contributed by atoms with Crippen molar-refractivity contribution in [3.05, 3.63) is 61.9 Å². The molecule has 0 aromatic heterocycles. The maximum absolute atomic E-state index is 13.5. The molecule has 0 heterocycles. The fourth-order valence-corrected chi connectivity index (χ4v) is 2.05. The van der Waals surface area contributed by atoms with Crippen molar-refractivity contribution in [2.75, 3.05) is 0 Å². The summed E-state index contributed by atoms with van der Waals surface area (Å²) < 4.78 is 13.5. The lowest BCUT2D eigenvalue weighted by Gasteiger charge is -2.02. The molecular formula is C13H7Cl2FN2O3. The number of benzene rings is 2. The SMILES string of the molecule is O=[N+]([O-])c1ccc(F)c(N=Cc2cc(Cl)cc(Cl)c2O)c1. The molecule has 0 aliphatic heterocycles. The van der Waals surface area contributed by atoms with E-state index in [0.717, 1.165) is 24.4 Å². The van der Waals surface area contributed by atoms with Crippen LogP contribution in [0.4, 0.5) is 15.8 Å². The average molecular weight is 329 g/mol. The van der Waals surface area contributed by atoms with Crippen LogP contribution in [0.15, 0.2) is 35.3 Å². The molecule has 2 aromatic rings. The van der Waals surface area contributed by atoms with Gasteiger partial charge in [0.25, 0.3) is 5.69 Å². The number of aliphatic imine (C=N–C) groups is 1. The molecule has 0 aliphatic carbocycles. The number of hydrogen-bond donors (Lipinski definition) is 1. The minimum absolute atomic E-state index is 0.0171. The summed E-state index contributed by atoms with van der Waals surface area (Å²) in [6.07, 6.45) is 1.12. The van der Waals surface area contributed by atoms with Crippen LogP contribution in [0.3, 0.4) is 0 Å². The average Bonchev–Trinajstić information content (AvgIpc) is 2.42. The number of nitro groups is 1. The van der Waals surface area contributed by atoms with E-state index in [1.807, 2.05) is 0 Å². The molecule has 0 saturated heterocycles. The van der Waals surface area contributed by atoms with E-state index in [1.54, 1.807) is 0 Å². The molecule has 0 fully saturated rings. The van der Waals surface area contributed by atoms with E-state index in [-0.39, 0.29) is 32.7 Å². The van der Waals surface area contributed by atoms with Gasteiger partial charge in [0.1, 0.15) is 17.3 Å². The van der Waals surface area contributed by atoms with E-state index in [9.17, 15) is 19.6 Å². The van der Waals surface area contributed by atoms with Gasteiger partial charge in [0.05, 0.1) is 9.95 Å². The highest BCUT2D eigenvalue weighted by Crippen LogP contribution is 2.31. The van der Waals surface area contributed by atoms with Gasteiger partial charge in [-0.25, -0.2) is 4.39 Å². The summed E-state index contributed by atoms with van der Waals surface area (Å²) in [6, 6.07) is 5.66. The number of phenolic OH excluding ortho intramolecular Hbond substituents is 1. The van der Waals surface area contributed by atoms with Gasteiger partial charge in [-0.15, -0.1) is 0 Å². The lowest BCUT2D eigenvalue weighted by molar-refractivity contribution is -0.384. The van der Waals surface area contributed by atoms with Crippen molar-refractivity contribution in [2.45, 2.75) is 0 Å². The van der Waals surface area contributed by atoms with Crippen LogP contribution in [0.25, 0.3) is 0 Å². The second-order valence-electron chi connectivity index (χ2n) is 3.98. The molecule has 0 radical (unpaired) electrons. The predicted molar refractivity (Wildman–Crippen MR) is 78.4 cm³/mol. The molecule has 0 atom stereocenters. The van der Waals surface area contributed by atoms with Gasteiger partial charge < -0.3 is 5.11 Å². The first-order chi connectivity index (χ1) is 9.88. The normalized spacial score (nSPS) is 11.0. The number of aromatic hydroxyl groups is 1. The number of rotatable bonds is 3. The van der Waals surface area contributed by atoms with Crippen LogP contribution >= 0.6 is 23.2 Å². The van der Waals surface area contributed by atoms with E-state index in [4.69, 9.17) is 23.2 Å². The summed E-state index contributed by atoms with van der Waals surface area (Å²) in [7, 11) is 0. The van der Waals surface area contributed by atoms with Gasteiger partial charge >= 0.3 is 0 Å². The first-order valence-corrected chi connectivity index (χ1v) is 6.30. The summed E-state index contributed by atoms with van der Waals surface area (Å²) in [5.74, 6) is -1.000. The first kappa shape index (κ1) is 15.2.